The summed E-state index contributed by atoms with van der Waals surface area (Å²) in [4.78, 5) is 18.3. The molecule has 1 aromatic carbocycles. The number of benzene rings is 1. The Labute approximate surface area is 123 Å². The van der Waals surface area contributed by atoms with Crippen molar-refractivity contribution in [3.8, 4) is 0 Å². The van der Waals surface area contributed by atoms with Gasteiger partial charge in [-0.05, 0) is 25.6 Å². The fraction of sp³-hybridized carbons (Fsp3) is 0.286. The smallest absolute Gasteiger partial charge is 0.251 e. The lowest BCUT2D eigenvalue weighted by molar-refractivity contribution is 0.593. The van der Waals surface area contributed by atoms with Crippen molar-refractivity contribution >= 4 is 9.84 Å². The Bertz CT molecular complexity index is 780. The molecule has 2 rings (SSSR count). The fourth-order valence-electron chi connectivity index (χ4n) is 1.92. The number of nitrogens with zero attached hydrogens (tertiary/aromatic N) is 1. The van der Waals surface area contributed by atoms with Gasteiger partial charge < -0.3 is 10.7 Å². The number of aromatic nitrogens is 2. The lowest BCUT2D eigenvalue weighted by Crippen LogP contribution is -2.17. The van der Waals surface area contributed by atoms with Crippen LogP contribution in [0.2, 0.25) is 0 Å². The van der Waals surface area contributed by atoms with Crippen molar-refractivity contribution in [3.63, 3.8) is 0 Å². The Balaban J connectivity index is 2.32. The average Bonchev–Trinajstić information content (AvgIpc) is 2.38. The second kappa shape index (κ2) is 6.19. The number of aryl methyl sites for hydroxylation is 1. The fourth-order valence-corrected chi connectivity index (χ4v) is 3.13. The van der Waals surface area contributed by atoms with E-state index in [0.29, 0.717) is 18.7 Å². The molecule has 1 heterocycles. The molecule has 0 atom stereocenters. The second-order valence-electron chi connectivity index (χ2n) is 4.79. The third-order valence-corrected chi connectivity index (χ3v) is 4.59. The summed E-state index contributed by atoms with van der Waals surface area (Å²) in [6.07, 6.45) is 0.432. The number of rotatable bonds is 5. The van der Waals surface area contributed by atoms with Crippen LogP contribution >= 0.6 is 0 Å². The summed E-state index contributed by atoms with van der Waals surface area (Å²) in [6.45, 7) is 2.23. The Morgan fingerprint density at radius 2 is 1.90 bits per heavy atom. The summed E-state index contributed by atoms with van der Waals surface area (Å²) in [5.74, 6) is -0.212. The van der Waals surface area contributed by atoms with Crippen LogP contribution in [0, 0.1) is 6.92 Å². The van der Waals surface area contributed by atoms with Crippen LogP contribution in [0.4, 0.5) is 0 Å². The standard InChI is InChI=1S/C14H17N3O3S/c1-10-2-4-12(5-3-10)21(19,20)9-13-16-11(6-7-15)8-14(18)17-13/h2-5,8H,6-7,9,15H2,1H3,(H,16,17,18). The summed E-state index contributed by atoms with van der Waals surface area (Å²) in [7, 11) is -3.54. The minimum atomic E-state index is -3.54. The molecule has 21 heavy (non-hydrogen) atoms. The summed E-state index contributed by atoms with van der Waals surface area (Å²) in [5.41, 5.74) is 6.52. The van der Waals surface area contributed by atoms with Crippen LogP contribution in [-0.4, -0.2) is 24.9 Å². The van der Waals surface area contributed by atoms with E-state index in [9.17, 15) is 13.2 Å². The Morgan fingerprint density at radius 1 is 1.24 bits per heavy atom. The highest BCUT2D eigenvalue weighted by Crippen LogP contribution is 2.15. The molecule has 0 saturated carbocycles. The Kier molecular flexibility index (Phi) is 4.54. The molecule has 0 aliphatic heterocycles. The normalized spacial score (nSPS) is 11.5. The minimum absolute atomic E-state index is 0.131. The first-order valence-electron chi connectivity index (χ1n) is 6.49. The topological polar surface area (TPSA) is 106 Å². The van der Waals surface area contributed by atoms with E-state index >= 15 is 0 Å². The molecule has 0 aliphatic carbocycles. The minimum Gasteiger partial charge on any atom is -0.330 e. The summed E-state index contributed by atoms with van der Waals surface area (Å²) < 4.78 is 24.6. The lowest BCUT2D eigenvalue weighted by Gasteiger charge is -2.06. The van der Waals surface area contributed by atoms with Gasteiger partial charge in [0.25, 0.3) is 5.56 Å². The highest BCUT2D eigenvalue weighted by Gasteiger charge is 2.17. The van der Waals surface area contributed by atoms with Gasteiger partial charge in [-0.15, -0.1) is 0 Å². The molecule has 0 spiro atoms. The molecule has 0 amide bonds. The molecular formula is C14H17N3O3S. The van der Waals surface area contributed by atoms with Crippen LogP contribution < -0.4 is 11.3 Å². The summed E-state index contributed by atoms with van der Waals surface area (Å²) in [6, 6.07) is 7.88. The van der Waals surface area contributed by atoms with Crippen molar-refractivity contribution in [2.45, 2.75) is 24.0 Å². The van der Waals surface area contributed by atoms with E-state index in [4.69, 9.17) is 5.73 Å². The van der Waals surface area contributed by atoms with Gasteiger partial charge in [-0.1, -0.05) is 17.7 Å². The first-order valence-corrected chi connectivity index (χ1v) is 8.14. The van der Waals surface area contributed by atoms with E-state index in [0.717, 1.165) is 5.56 Å². The van der Waals surface area contributed by atoms with Crippen molar-refractivity contribution in [1.29, 1.82) is 0 Å². The Hall–Kier alpha value is -1.99. The van der Waals surface area contributed by atoms with Crippen LogP contribution in [0.5, 0.6) is 0 Å². The zero-order chi connectivity index (χ0) is 15.5. The molecule has 0 bridgehead atoms. The van der Waals surface area contributed by atoms with Crippen molar-refractivity contribution in [2.24, 2.45) is 5.73 Å². The maximum atomic E-state index is 12.3. The molecular weight excluding hydrogens is 290 g/mol. The van der Waals surface area contributed by atoms with Crippen LogP contribution in [0.25, 0.3) is 0 Å². The van der Waals surface area contributed by atoms with E-state index in [-0.39, 0.29) is 22.0 Å². The third-order valence-electron chi connectivity index (χ3n) is 2.95. The van der Waals surface area contributed by atoms with Gasteiger partial charge in [0.2, 0.25) is 0 Å². The monoisotopic (exact) mass is 307 g/mol. The van der Waals surface area contributed by atoms with Gasteiger partial charge in [-0.2, -0.15) is 0 Å². The van der Waals surface area contributed by atoms with Crippen molar-refractivity contribution in [3.05, 3.63) is 57.8 Å². The molecule has 0 fully saturated rings. The first kappa shape index (κ1) is 15.4. The largest absolute Gasteiger partial charge is 0.330 e. The number of aromatic amines is 1. The highest BCUT2D eigenvalue weighted by atomic mass is 32.2. The van der Waals surface area contributed by atoms with E-state index in [1.54, 1.807) is 24.3 Å². The molecule has 7 heteroatoms. The van der Waals surface area contributed by atoms with Gasteiger partial charge in [0.15, 0.2) is 9.84 Å². The number of nitrogens with two attached hydrogens (primary N) is 1. The number of H-pyrrole nitrogens is 1. The Morgan fingerprint density at radius 3 is 2.52 bits per heavy atom. The quantitative estimate of drug-likeness (QED) is 0.839. The molecule has 1 aromatic heterocycles. The highest BCUT2D eigenvalue weighted by molar-refractivity contribution is 7.90. The third kappa shape index (κ3) is 3.99. The van der Waals surface area contributed by atoms with E-state index in [2.05, 4.69) is 9.97 Å². The zero-order valence-corrected chi connectivity index (χ0v) is 12.5. The van der Waals surface area contributed by atoms with Crippen molar-refractivity contribution in [1.82, 2.24) is 9.97 Å². The second-order valence-corrected chi connectivity index (χ2v) is 6.78. The van der Waals surface area contributed by atoms with E-state index in [1.807, 2.05) is 6.92 Å². The SMILES string of the molecule is Cc1ccc(S(=O)(=O)Cc2nc(CCN)cc(=O)[nH]2)cc1. The number of nitrogens with one attached hydrogen (secondary N) is 1. The maximum absolute atomic E-state index is 12.3. The van der Waals surface area contributed by atoms with Gasteiger partial charge in [0.05, 0.1) is 4.90 Å². The molecule has 2 aromatic rings. The molecule has 6 nitrogen and oxygen atoms in total. The predicted molar refractivity (Wildman–Crippen MR) is 79.7 cm³/mol. The average molecular weight is 307 g/mol. The number of hydrogen-bond donors (Lipinski definition) is 2. The van der Waals surface area contributed by atoms with Gasteiger partial charge in [0, 0.05) is 18.2 Å². The zero-order valence-electron chi connectivity index (χ0n) is 11.7. The van der Waals surface area contributed by atoms with E-state index < -0.39 is 9.84 Å². The van der Waals surface area contributed by atoms with Crippen LogP contribution in [-0.2, 0) is 22.0 Å². The molecule has 0 aliphatic rings. The molecule has 0 saturated heterocycles. The van der Waals surface area contributed by atoms with Crippen LogP contribution in [0.15, 0.2) is 40.0 Å². The molecule has 3 N–H and O–H groups in total. The number of hydrogen-bond acceptors (Lipinski definition) is 5. The maximum Gasteiger partial charge on any atom is 0.251 e. The van der Waals surface area contributed by atoms with Crippen molar-refractivity contribution in [2.75, 3.05) is 6.54 Å². The predicted octanol–water partition coefficient (Wildman–Crippen LogP) is 0.553. The van der Waals surface area contributed by atoms with Gasteiger partial charge >= 0.3 is 0 Å². The van der Waals surface area contributed by atoms with Crippen LogP contribution in [0.1, 0.15) is 17.1 Å². The van der Waals surface area contributed by atoms with Crippen molar-refractivity contribution < 1.29 is 8.42 Å². The molecule has 112 valence electrons. The first-order chi connectivity index (χ1) is 9.90. The van der Waals surface area contributed by atoms with E-state index in [1.165, 1.54) is 6.07 Å². The van der Waals surface area contributed by atoms with Crippen LogP contribution in [0.3, 0.4) is 0 Å². The summed E-state index contributed by atoms with van der Waals surface area (Å²) >= 11 is 0. The van der Waals surface area contributed by atoms with Gasteiger partial charge in [-0.25, -0.2) is 13.4 Å². The van der Waals surface area contributed by atoms with Gasteiger partial charge in [0.1, 0.15) is 11.6 Å². The van der Waals surface area contributed by atoms with Gasteiger partial charge in [-0.3, -0.25) is 4.79 Å². The lowest BCUT2D eigenvalue weighted by atomic mass is 10.2. The summed E-state index contributed by atoms with van der Waals surface area (Å²) in [5, 5.41) is 0. The molecule has 0 unspecified atom stereocenters. The number of sulfone groups is 1. The molecule has 0 radical (unpaired) electrons.